The van der Waals surface area contributed by atoms with Crippen LogP contribution >= 0.6 is 27.4 Å². The summed E-state index contributed by atoms with van der Waals surface area (Å²) in [6, 6.07) is 3.58. The predicted molar refractivity (Wildman–Crippen MR) is 66.7 cm³/mol. The molecule has 0 saturated carbocycles. The van der Waals surface area contributed by atoms with Crippen LogP contribution in [0.3, 0.4) is 0 Å². The number of alkyl halides is 3. The SMILES string of the molecule is O=P([O-])([O-])C(C(=S)Nc1ccccc1C(F)(F)F)P(=O)([O-])[O-]. The van der Waals surface area contributed by atoms with E-state index in [9.17, 15) is 41.9 Å². The van der Waals surface area contributed by atoms with Crippen molar-refractivity contribution < 1.29 is 41.9 Å². The van der Waals surface area contributed by atoms with Gasteiger partial charge in [0.25, 0.3) is 0 Å². The van der Waals surface area contributed by atoms with Crippen LogP contribution in [0.1, 0.15) is 5.56 Å². The van der Waals surface area contributed by atoms with Gasteiger partial charge in [-0.1, -0.05) is 39.5 Å². The molecule has 1 aromatic carbocycles. The molecule has 1 aromatic rings. The smallest absolute Gasteiger partial charge is 0.418 e. The molecule has 0 heterocycles. The summed E-state index contributed by atoms with van der Waals surface area (Å²) < 4.78 is 59.9. The number of halogens is 3. The maximum Gasteiger partial charge on any atom is 0.418 e. The standard InChI is InChI=1S/C9H10F3NO6P2S/c10-9(11,12)5-3-1-2-4-6(5)13-7(22)8(20(14,15)16)21(17,18)19/h1-4,8H,(H,13,22)(H2,14,15,16)(H2,17,18,19)/p-4. The Morgan fingerprint density at radius 2 is 1.55 bits per heavy atom. The summed E-state index contributed by atoms with van der Waals surface area (Å²) in [6.45, 7) is 0. The van der Waals surface area contributed by atoms with Crippen LogP contribution < -0.4 is 24.9 Å². The molecule has 0 saturated heterocycles. The number of nitrogens with one attached hydrogen (secondary N) is 1. The number of anilines is 1. The minimum Gasteiger partial charge on any atom is -0.810 e. The Morgan fingerprint density at radius 3 is 1.95 bits per heavy atom. The molecule has 0 aliphatic carbocycles. The topological polar surface area (TPSA) is 138 Å². The predicted octanol–water partition coefficient (Wildman–Crippen LogP) is -0.402. The fraction of sp³-hybridized carbons (Fsp3) is 0.222. The lowest BCUT2D eigenvalue weighted by Crippen LogP contribution is -2.41. The van der Waals surface area contributed by atoms with E-state index in [2.05, 4.69) is 12.2 Å². The largest absolute Gasteiger partial charge is 0.810 e. The number of para-hydroxylation sites is 1. The Balaban J connectivity index is 3.23. The average Bonchev–Trinajstić information content (AvgIpc) is 2.23. The van der Waals surface area contributed by atoms with E-state index in [-0.39, 0.29) is 0 Å². The van der Waals surface area contributed by atoms with Crippen molar-refractivity contribution in [2.24, 2.45) is 0 Å². The molecule has 0 aliphatic rings. The molecule has 124 valence electrons. The highest BCUT2D eigenvalue weighted by Crippen LogP contribution is 2.51. The third kappa shape index (κ3) is 4.85. The molecular weight excluding hydrogens is 369 g/mol. The molecule has 1 N–H and O–H groups in total. The van der Waals surface area contributed by atoms with Crippen LogP contribution in [0.15, 0.2) is 24.3 Å². The highest BCUT2D eigenvalue weighted by molar-refractivity contribution is 7.84. The van der Waals surface area contributed by atoms with E-state index in [0.717, 1.165) is 18.2 Å². The Bertz CT molecular complexity index is 648. The van der Waals surface area contributed by atoms with Gasteiger partial charge in [-0.05, 0) is 12.1 Å². The summed E-state index contributed by atoms with van der Waals surface area (Å²) in [7, 11) is -12.0. The molecule has 0 aromatic heterocycles. The van der Waals surface area contributed by atoms with Crippen molar-refractivity contribution in [1.29, 1.82) is 0 Å². The van der Waals surface area contributed by atoms with Crippen molar-refractivity contribution in [3.05, 3.63) is 29.8 Å². The van der Waals surface area contributed by atoms with Gasteiger partial charge in [-0.15, -0.1) is 0 Å². The lowest BCUT2D eigenvalue weighted by molar-refractivity contribution is -0.327. The maximum absolute atomic E-state index is 12.7. The molecule has 0 atom stereocenters. The van der Waals surface area contributed by atoms with E-state index in [1.165, 1.54) is 0 Å². The van der Waals surface area contributed by atoms with E-state index in [1.54, 1.807) is 5.32 Å². The van der Waals surface area contributed by atoms with Crippen LogP contribution in [0, 0.1) is 0 Å². The van der Waals surface area contributed by atoms with Gasteiger partial charge >= 0.3 is 6.18 Å². The number of thiocarbonyl (C=S) groups is 1. The van der Waals surface area contributed by atoms with Gasteiger partial charge in [0.1, 0.15) is 0 Å². The van der Waals surface area contributed by atoms with Crippen molar-refractivity contribution in [1.82, 2.24) is 0 Å². The summed E-state index contributed by atoms with van der Waals surface area (Å²) in [5.41, 5.74) is -2.07. The van der Waals surface area contributed by atoms with Crippen LogP contribution in [0.25, 0.3) is 0 Å². The lowest BCUT2D eigenvalue weighted by Gasteiger charge is -2.49. The second-order valence-corrected chi connectivity index (χ2v) is 8.03. The molecule has 0 bridgehead atoms. The lowest BCUT2D eigenvalue weighted by atomic mass is 10.1. The maximum atomic E-state index is 12.7. The fourth-order valence-corrected chi connectivity index (χ4v) is 4.47. The monoisotopic (exact) mass is 375 g/mol. The Hall–Kier alpha value is -0.800. The van der Waals surface area contributed by atoms with E-state index in [1.807, 2.05) is 0 Å². The first-order valence-electron chi connectivity index (χ1n) is 5.25. The Labute approximate surface area is 127 Å². The zero-order valence-corrected chi connectivity index (χ0v) is 12.9. The molecule has 1 rings (SSSR count). The summed E-state index contributed by atoms with van der Waals surface area (Å²) in [5, 5.41) is -1.47. The van der Waals surface area contributed by atoms with E-state index >= 15 is 0 Å². The minimum atomic E-state index is -6.02. The van der Waals surface area contributed by atoms with Gasteiger partial charge in [-0.3, -0.25) is 0 Å². The molecule has 22 heavy (non-hydrogen) atoms. The van der Waals surface area contributed by atoms with Crippen molar-refractivity contribution in [3.8, 4) is 0 Å². The zero-order valence-electron chi connectivity index (χ0n) is 10.3. The second-order valence-electron chi connectivity index (χ2n) is 3.99. The molecule has 13 heteroatoms. The third-order valence-corrected chi connectivity index (χ3v) is 6.42. The van der Waals surface area contributed by atoms with E-state index < -0.39 is 43.0 Å². The van der Waals surface area contributed by atoms with Crippen LogP contribution in [0.5, 0.6) is 0 Å². The summed E-state index contributed by atoms with van der Waals surface area (Å²) in [5.74, 6) is 0. The van der Waals surface area contributed by atoms with Crippen LogP contribution in [0.4, 0.5) is 18.9 Å². The molecule has 0 aliphatic heterocycles. The van der Waals surface area contributed by atoms with Gasteiger partial charge in [0.05, 0.1) is 21.6 Å². The van der Waals surface area contributed by atoms with Gasteiger partial charge in [0, 0.05) is 0 Å². The quantitative estimate of drug-likeness (QED) is 0.554. The van der Waals surface area contributed by atoms with Crippen LogP contribution in [-0.2, 0) is 15.3 Å². The zero-order chi connectivity index (χ0) is 17.3. The molecular formula is C9H6F3NO6P2S-4. The molecule has 0 unspecified atom stereocenters. The van der Waals surface area contributed by atoms with Gasteiger partial charge < -0.3 is 34.0 Å². The molecule has 0 radical (unpaired) electrons. The molecule has 0 fully saturated rings. The molecule has 0 spiro atoms. The van der Waals surface area contributed by atoms with E-state index in [0.29, 0.717) is 6.07 Å². The highest BCUT2D eigenvalue weighted by atomic mass is 32.1. The Morgan fingerprint density at radius 1 is 1.09 bits per heavy atom. The first-order chi connectivity index (χ1) is 9.74. The van der Waals surface area contributed by atoms with E-state index in [4.69, 9.17) is 0 Å². The minimum absolute atomic E-state index is 0.613. The average molecular weight is 375 g/mol. The van der Waals surface area contributed by atoms with Gasteiger partial charge in [-0.25, -0.2) is 0 Å². The normalized spacial score (nSPS) is 13.3. The highest BCUT2D eigenvalue weighted by Gasteiger charge is 2.34. The number of hydrogen-bond acceptors (Lipinski definition) is 7. The van der Waals surface area contributed by atoms with Crippen molar-refractivity contribution in [2.75, 3.05) is 5.32 Å². The Kier molecular flexibility index (Phi) is 5.57. The van der Waals surface area contributed by atoms with Crippen molar-refractivity contribution >= 4 is 38.1 Å². The van der Waals surface area contributed by atoms with Crippen LogP contribution in [-0.4, -0.2) is 10.4 Å². The van der Waals surface area contributed by atoms with Crippen molar-refractivity contribution in [3.63, 3.8) is 0 Å². The summed E-state index contributed by atoms with van der Waals surface area (Å²) in [6.07, 6.45) is -4.86. The number of hydrogen-bond donors (Lipinski definition) is 1. The van der Waals surface area contributed by atoms with Gasteiger partial charge in [0.2, 0.25) is 0 Å². The summed E-state index contributed by atoms with van der Waals surface area (Å²) >= 11 is 4.31. The third-order valence-electron chi connectivity index (χ3n) is 2.32. The first kappa shape index (κ1) is 19.2. The summed E-state index contributed by atoms with van der Waals surface area (Å²) in [4.78, 5) is 42.0. The first-order valence-corrected chi connectivity index (χ1v) is 8.88. The number of rotatable bonds is 4. The number of benzene rings is 1. The van der Waals surface area contributed by atoms with Gasteiger partial charge in [-0.2, -0.15) is 13.2 Å². The molecule has 7 nitrogen and oxygen atoms in total. The van der Waals surface area contributed by atoms with Gasteiger partial charge in [0.15, 0.2) is 0 Å². The molecule has 0 amide bonds. The fourth-order valence-electron chi connectivity index (χ4n) is 1.50. The van der Waals surface area contributed by atoms with Crippen molar-refractivity contribution in [2.45, 2.75) is 11.6 Å². The second kappa shape index (κ2) is 6.37. The van der Waals surface area contributed by atoms with Crippen LogP contribution in [0.2, 0.25) is 0 Å².